The van der Waals surface area contributed by atoms with E-state index in [2.05, 4.69) is 42.0 Å². The smallest absolute Gasteiger partial charge is 0.159 e. The molecule has 2 aromatic rings. The standard InChI is InChI=1S/C23H32N2/c1-3-4-5-6-7-8-9-10-19-16-24-23(25-17-19)21-12-11-20-13-18(2)14-22(20)15-21/h11-12,15-18H,3-10,13-14H2,1-2H3. The summed E-state index contributed by atoms with van der Waals surface area (Å²) in [5.74, 6) is 1.64. The van der Waals surface area contributed by atoms with Gasteiger partial charge in [-0.15, -0.1) is 0 Å². The molecule has 0 bridgehead atoms. The molecule has 134 valence electrons. The molecule has 1 aromatic heterocycles. The quantitative estimate of drug-likeness (QED) is 0.512. The summed E-state index contributed by atoms with van der Waals surface area (Å²) < 4.78 is 0. The van der Waals surface area contributed by atoms with Gasteiger partial charge in [-0.3, -0.25) is 0 Å². The first-order valence-corrected chi connectivity index (χ1v) is 10.2. The van der Waals surface area contributed by atoms with E-state index in [9.17, 15) is 0 Å². The molecular weight excluding hydrogens is 304 g/mol. The lowest BCUT2D eigenvalue weighted by Crippen LogP contribution is -1.94. The fourth-order valence-corrected chi connectivity index (χ4v) is 3.90. The Morgan fingerprint density at radius 1 is 0.880 bits per heavy atom. The van der Waals surface area contributed by atoms with E-state index in [0.717, 1.165) is 23.7 Å². The van der Waals surface area contributed by atoms with E-state index in [1.807, 2.05) is 12.4 Å². The van der Waals surface area contributed by atoms with Crippen molar-refractivity contribution in [3.05, 3.63) is 47.3 Å². The SMILES string of the molecule is CCCCCCCCCc1cnc(-c2ccc3c(c2)CC(C)C3)nc1. The second-order valence-corrected chi connectivity index (χ2v) is 7.78. The summed E-state index contributed by atoms with van der Waals surface area (Å²) in [6.07, 6.45) is 17.0. The van der Waals surface area contributed by atoms with Crippen molar-refractivity contribution in [2.75, 3.05) is 0 Å². The molecular formula is C23H32N2. The number of benzene rings is 1. The minimum Gasteiger partial charge on any atom is -0.236 e. The summed E-state index contributed by atoms with van der Waals surface area (Å²) in [5.41, 5.74) is 5.43. The summed E-state index contributed by atoms with van der Waals surface area (Å²) in [6.45, 7) is 4.60. The van der Waals surface area contributed by atoms with Crippen LogP contribution in [0.1, 0.15) is 75.5 Å². The molecule has 3 rings (SSSR count). The molecule has 0 saturated carbocycles. The van der Waals surface area contributed by atoms with Crippen LogP contribution in [0.2, 0.25) is 0 Å². The van der Waals surface area contributed by atoms with Crippen LogP contribution in [0.15, 0.2) is 30.6 Å². The minimum atomic E-state index is 0.774. The first-order chi connectivity index (χ1) is 12.3. The number of unbranched alkanes of at least 4 members (excludes halogenated alkanes) is 6. The van der Waals surface area contributed by atoms with E-state index >= 15 is 0 Å². The second-order valence-electron chi connectivity index (χ2n) is 7.78. The number of aromatic nitrogens is 2. The van der Waals surface area contributed by atoms with E-state index in [1.54, 1.807) is 0 Å². The topological polar surface area (TPSA) is 25.8 Å². The number of nitrogens with zero attached hydrogens (tertiary/aromatic N) is 2. The van der Waals surface area contributed by atoms with Crippen LogP contribution in [0.4, 0.5) is 0 Å². The Hall–Kier alpha value is -1.70. The molecule has 2 heteroatoms. The molecule has 1 unspecified atom stereocenters. The van der Waals surface area contributed by atoms with Gasteiger partial charge in [0, 0.05) is 18.0 Å². The van der Waals surface area contributed by atoms with Crippen molar-refractivity contribution in [3.8, 4) is 11.4 Å². The van der Waals surface area contributed by atoms with Crippen molar-refractivity contribution in [3.63, 3.8) is 0 Å². The first kappa shape index (κ1) is 18.1. The molecule has 1 atom stereocenters. The van der Waals surface area contributed by atoms with Gasteiger partial charge in [0.25, 0.3) is 0 Å². The van der Waals surface area contributed by atoms with Gasteiger partial charge < -0.3 is 0 Å². The van der Waals surface area contributed by atoms with Crippen LogP contribution < -0.4 is 0 Å². The largest absolute Gasteiger partial charge is 0.236 e. The average molecular weight is 337 g/mol. The van der Waals surface area contributed by atoms with Gasteiger partial charge in [-0.05, 0) is 54.4 Å². The monoisotopic (exact) mass is 336 g/mol. The maximum atomic E-state index is 4.62. The zero-order valence-electron chi connectivity index (χ0n) is 15.9. The molecule has 0 spiro atoms. The number of hydrogen-bond donors (Lipinski definition) is 0. The van der Waals surface area contributed by atoms with Crippen molar-refractivity contribution in [2.45, 2.75) is 78.1 Å². The van der Waals surface area contributed by atoms with Gasteiger partial charge >= 0.3 is 0 Å². The van der Waals surface area contributed by atoms with Crippen LogP contribution in [0.3, 0.4) is 0 Å². The van der Waals surface area contributed by atoms with Gasteiger partial charge in [0.05, 0.1) is 0 Å². The van der Waals surface area contributed by atoms with E-state index in [4.69, 9.17) is 0 Å². The van der Waals surface area contributed by atoms with Crippen LogP contribution >= 0.6 is 0 Å². The summed E-state index contributed by atoms with van der Waals surface area (Å²) in [4.78, 5) is 9.24. The molecule has 0 fully saturated rings. The molecule has 1 aromatic carbocycles. The molecule has 2 nitrogen and oxygen atoms in total. The van der Waals surface area contributed by atoms with Gasteiger partial charge in [-0.2, -0.15) is 0 Å². The van der Waals surface area contributed by atoms with Gasteiger partial charge in [0.2, 0.25) is 0 Å². The normalized spacial score (nSPS) is 16.2. The van der Waals surface area contributed by atoms with Crippen molar-refractivity contribution in [1.29, 1.82) is 0 Å². The molecule has 0 N–H and O–H groups in total. The van der Waals surface area contributed by atoms with Crippen LogP contribution in [0.25, 0.3) is 11.4 Å². The third-order valence-electron chi connectivity index (χ3n) is 5.38. The Morgan fingerprint density at radius 2 is 1.56 bits per heavy atom. The summed E-state index contributed by atoms with van der Waals surface area (Å²) >= 11 is 0. The minimum absolute atomic E-state index is 0.774. The van der Waals surface area contributed by atoms with Crippen LogP contribution in [-0.4, -0.2) is 9.97 Å². The Bertz CT molecular complexity index is 660. The molecule has 0 aliphatic heterocycles. The summed E-state index contributed by atoms with van der Waals surface area (Å²) in [7, 11) is 0. The highest BCUT2D eigenvalue weighted by atomic mass is 14.9. The van der Waals surface area contributed by atoms with Crippen LogP contribution in [0, 0.1) is 5.92 Å². The molecule has 0 amide bonds. The lowest BCUT2D eigenvalue weighted by atomic mass is 10.1. The molecule has 1 aliphatic carbocycles. The van der Waals surface area contributed by atoms with Crippen molar-refractivity contribution < 1.29 is 0 Å². The number of hydrogen-bond acceptors (Lipinski definition) is 2. The van der Waals surface area contributed by atoms with E-state index in [-0.39, 0.29) is 0 Å². The highest BCUT2D eigenvalue weighted by Crippen LogP contribution is 2.29. The van der Waals surface area contributed by atoms with Gasteiger partial charge in [0.15, 0.2) is 5.82 Å². The lowest BCUT2D eigenvalue weighted by molar-refractivity contribution is 0.589. The highest BCUT2D eigenvalue weighted by Gasteiger charge is 2.18. The van der Waals surface area contributed by atoms with E-state index in [1.165, 1.54) is 74.5 Å². The number of fused-ring (bicyclic) bond motifs is 1. The van der Waals surface area contributed by atoms with Crippen LogP contribution in [0.5, 0.6) is 0 Å². The molecule has 1 aliphatic rings. The highest BCUT2D eigenvalue weighted by molar-refractivity contribution is 5.58. The maximum Gasteiger partial charge on any atom is 0.159 e. The number of aryl methyl sites for hydroxylation is 1. The Morgan fingerprint density at radius 3 is 2.32 bits per heavy atom. The molecule has 0 radical (unpaired) electrons. The molecule has 25 heavy (non-hydrogen) atoms. The van der Waals surface area contributed by atoms with Crippen LogP contribution in [-0.2, 0) is 19.3 Å². The zero-order chi connectivity index (χ0) is 17.5. The van der Waals surface area contributed by atoms with Crippen molar-refractivity contribution >= 4 is 0 Å². The Labute approximate surface area is 153 Å². The second kappa shape index (κ2) is 9.12. The van der Waals surface area contributed by atoms with E-state index in [0.29, 0.717) is 0 Å². The Kier molecular flexibility index (Phi) is 6.61. The summed E-state index contributed by atoms with van der Waals surface area (Å²) in [6, 6.07) is 6.75. The first-order valence-electron chi connectivity index (χ1n) is 10.2. The van der Waals surface area contributed by atoms with Gasteiger partial charge in [0.1, 0.15) is 0 Å². The Balaban J connectivity index is 1.48. The molecule has 1 heterocycles. The lowest BCUT2D eigenvalue weighted by Gasteiger charge is -2.05. The predicted octanol–water partition coefficient (Wildman–Crippen LogP) is 6.17. The van der Waals surface area contributed by atoms with Gasteiger partial charge in [-0.1, -0.05) is 64.5 Å². The fourth-order valence-electron chi connectivity index (χ4n) is 3.90. The third-order valence-corrected chi connectivity index (χ3v) is 5.38. The van der Waals surface area contributed by atoms with Crippen molar-refractivity contribution in [2.24, 2.45) is 5.92 Å². The predicted molar refractivity (Wildman–Crippen MR) is 106 cm³/mol. The third kappa shape index (κ3) is 5.14. The van der Waals surface area contributed by atoms with E-state index < -0.39 is 0 Å². The fraction of sp³-hybridized carbons (Fsp3) is 0.565. The van der Waals surface area contributed by atoms with Crippen molar-refractivity contribution in [1.82, 2.24) is 9.97 Å². The molecule has 0 saturated heterocycles. The zero-order valence-corrected chi connectivity index (χ0v) is 15.9. The number of rotatable bonds is 9. The van der Waals surface area contributed by atoms with Gasteiger partial charge in [-0.25, -0.2) is 9.97 Å². The summed E-state index contributed by atoms with van der Waals surface area (Å²) in [5, 5.41) is 0. The maximum absolute atomic E-state index is 4.62. The average Bonchev–Trinajstić information content (AvgIpc) is 3.00.